The second-order valence-electron chi connectivity index (χ2n) is 7.84. The van der Waals surface area contributed by atoms with E-state index in [1.165, 1.54) is 5.01 Å². The molecule has 1 N–H and O–H groups in total. The minimum absolute atomic E-state index is 0.133. The van der Waals surface area contributed by atoms with Crippen molar-refractivity contribution in [3.8, 4) is 11.1 Å². The van der Waals surface area contributed by atoms with E-state index in [-0.39, 0.29) is 24.8 Å². The Bertz CT molecular complexity index is 1220. The van der Waals surface area contributed by atoms with E-state index in [2.05, 4.69) is 10.1 Å². The largest absolute Gasteiger partial charge is 0.481 e. The molecule has 0 aliphatic carbocycles. The number of aromatic nitrogens is 1. The molecule has 3 aromatic rings. The summed E-state index contributed by atoms with van der Waals surface area (Å²) in [7, 11) is 0. The predicted molar refractivity (Wildman–Crippen MR) is 128 cm³/mol. The number of benzene rings is 2. The van der Waals surface area contributed by atoms with Crippen molar-refractivity contribution in [3.63, 3.8) is 0 Å². The Morgan fingerprint density at radius 3 is 2.27 bits per heavy atom. The van der Waals surface area contributed by atoms with Crippen molar-refractivity contribution in [1.82, 2.24) is 9.99 Å². The third-order valence-electron chi connectivity index (χ3n) is 5.55. The summed E-state index contributed by atoms with van der Waals surface area (Å²) in [6.45, 7) is 1.97. The standard InChI is InChI=1S/C25H21Cl2N3O3/c1-15-13-28-14-20(25(15)17-4-8-19(27)9-5-17)21-12-22(16-2-6-18(26)7-3-16)30(29-21)23(31)10-11-24(32)33/h2-9,13-14,22H,10-12H2,1H3,(H,32,33)/t22-/m1/s1. The van der Waals surface area contributed by atoms with Gasteiger partial charge in [0.1, 0.15) is 0 Å². The zero-order chi connectivity index (χ0) is 23.5. The summed E-state index contributed by atoms with van der Waals surface area (Å²) in [6.07, 6.45) is 3.61. The maximum Gasteiger partial charge on any atom is 0.303 e. The molecule has 168 valence electrons. The predicted octanol–water partition coefficient (Wildman–Crippen LogP) is 5.91. The normalized spacial score (nSPS) is 15.4. The van der Waals surface area contributed by atoms with Gasteiger partial charge in [-0.2, -0.15) is 5.10 Å². The minimum Gasteiger partial charge on any atom is -0.481 e. The van der Waals surface area contributed by atoms with E-state index in [1.807, 2.05) is 43.3 Å². The van der Waals surface area contributed by atoms with Gasteiger partial charge in [-0.3, -0.25) is 14.6 Å². The lowest BCUT2D eigenvalue weighted by molar-refractivity contribution is -0.141. The number of carboxylic acids is 1. The lowest BCUT2D eigenvalue weighted by Gasteiger charge is -2.22. The van der Waals surface area contributed by atoms with Gasteiger partial charge in [-0.05, 0) is 53.4 Å². The van der Waals surface area contributed by atoms with Crippen LogP contribution in [-0.2, 0) is 9.59 Å². The molecule has 8 heteroatoms. The van der Waals surface area contributed by atoms with Crippen molar-refractivity contribution in [2.45, 2.75) is 32.2 Å². The fraction of sp³-hybridized carbons (Fsp3) is 0.200. The van der Waals surface area contributed by atoms with Crippen molar-refractivity contribution in [2.75, 3.05) is 0 Å². The summed E-state index contributed by atoms with van der Waals surface area (Å²) in [5, 5.41) is 16.3. The van der Waals surface area contributed by atoms with Crippen molar-refractivity contribution >= 4 is 40.8 Å². The van der Waals surface area contributed by atoms with Crippen LogP contribution in [0.15, 0.2) is 66.0 Å². The number of aryl methyl sites for hydroxylation is 1. The zero-order valence-electron chi connectivity index (χ0n) is 17.8. The zero-order valence-corrected chi connectivity index (χ0v) is 19.3. The van der Waals surface area contributed by atoms with Crippen LogP contribution in [0.4, 0.5) is 0 Å². The average molecular weight is 482 g/mol. The first-order valence-corrected chi connectivity index (χ1v) is 11.2. The summed E-state index contributed by atoms with van der Waals surface area (Å²) in [5.41, 5.74) is 5.31. The van der Waals surface area contributed by atoms with Crippen LogP contribution < -0.4 is 0 Å². The van der Waals surface area contributed by atoms with Crippen molar-refractivity contribution in [3.05, 3.63) is 87.7 Å². The quantitative estimate of drug-likeness (QED) is 0.474. The third kappa shape index (κ3) is 5.07. The van der Waals surface area contributed by atoms with Gasteiger partial charge in [0.2, 0.25) is 5.91 Å². The van der Waals surface area contributed by atoms with Crippen LogP contribution in [0.1, 0.15) is 42.0 Å². The number of amides is 1. The van der Waals surface area contributed by atoms with E-state index in [0.717, 1.165) is 27.8 Å². The Balaban J connectivity index is 1.76. The molecule has 1 aromatic heterocycles. The first kappa shape index (κ1) is 23.0. The van der Waals surface area contributed by atoms with Gasteiger partial charge < -0.3 is 5.11 Å². The molecule has 1 amide bonds. The lowest BCUT2D eigenvalue weighted by atomic mass is 9.91. The summed E-state index contributed by atoms with van der Waals surface area (Å²) < 4.78 is 0. The number of carboxylic acid groups (broad SMARTS) is 1. The van der Waals surface area contributed by atoms with E-state index >= 15 is 0 Å². The lowest BCUT2D eigenvalue weighted by Crippen LogP contribution is -2.27. The number of carbonyl (C=O) groups excluding carboxylic acids is 1. The Hall–Kier alpha value is -3.22. The molecule has 1 aliphatic rings. The second-order valence-corrected chi connectivity index (χ2v) is 8.71. The molecule has 2 aromatic carbocycles. The Morgan fingerprint density at radius 1 is 1.00 bits per heavy atom. The number of nitrogens with zero attached hydrogens (tertiary/aromatic N) is 3. The molecule has 0 bridgehead atoms. The smallest absolute Gasteiger partial charge is 0.303 e. The molecule has 1 atom stereocenters. The molecular formula is C25H21Cl2N3O3. The number of aliphatic carboxylic acids is 1. The number of hydrogen-bond donors (Lipinski definition) is 1. The number of carbonyl (C=O) groups is 2. The highest BCUT2D eigenvalue weighted by Gasteiger charge is 2.34. The number of pyridine rings is 1. The monoisotopic (exact) mass is 481 g/mol. The van der Waals surface area contributed by atoms with E-state index in [0.29, 0.717) is 22.2 Å². The molecule has 0 saturated carbocycles. The van der Waals surface area contributed by atoms with E-state index in [4.69, 9.17) is 28.3 Å². The van der Waals surface area contributed by atoms with Gasteiger partial charge in [0.05, 0.1) is 18.2 Å². The Morgan fingerprint density at radius 2 is 1.64 bits per heavy atom. The topological polar surface area (TPSA) is 82.9 Å². The van der Waals surface area contributed by atoms with Gasteiger partial charge in [0.15, 0.2) is 0 Å². The van der Waals surface area contributed by atoms with Crippen LogP contribution in [0.3, 0.4) is 0 Å². The molecule has 0 fully saturated rings. The van der Waals surface area contributed by atoms with Crippen molar-refractivity contribution < 1.29 is 14.7 Å². The Labute approximate surface area is 201 Å². The molecule has 6 nitrogen and oxygen atoms in total. The molecule has 33 heavy (non-hydrogen) atoms. The van der Waals surface area contributed by atoms with Gasteiger partial charge in [-0.25, -0.2) is 5.01 Å². The van der Waals surface area contributed by atoms with E-state index in [9.17, 15) is 9.59 Å². The molecule has 4 rings (SSSR count). The number of hydrazone groups is 1. The number of rotatable bonds is 6. The van der Waals surface area contributed by atoms with Crippen LogP contribution >= 0.6 is 23.2 Å². The number of halogens is 2. The van der Waals surface area contributed by atoms with Crippen molar-refractivity contribution in [2.24, 2.45) is 5.10 Å². The third-order valence-corrected chi connectivity index (χ3v) is 6.06. The van der Waals surface area contributed by atoms with Crippen LogP contribution in [-0.4, -0.2) is 32.7 Å². The number of hydrogen-bond acceptors (Lipinski definition) is 4. The highest BCUT2D eigenvalue weighted by atomic mass is 35.5. The van der Waals surface area contributed by atoms with E-state index < -0.39 is 5.97 Å². The second kappa shape index (κ2) is 9.73. The van der Waals surface area contributed by atoms with Gasteiger partial charge in [-0.15, -0.1) is 0 Å². The summed E-state index contributed by atoms with van der Waals surface area (Å²) in [5.74, 6) is -1.37. The maximum absolute atomic E-state index is 12.9. The molecule has 0 saturated heterocycles. The fourth-order valence-corrected chi connectivity index (χ4v) is 4.21. The van der Waals surface area contributed by atoms with Crippen LogP contribution in [0.2, 0.25) is 10.0 Å². The maximum atomic E-state index is 12.9. The highest BCUT2D eigenvalue weighted by Crippen LogP contribution is 2.37. The molecule has 0 radical (unpaired) electrons. The van der Waals surface area contributed by atoms with Crippen molar-refractivity contribution in [1.29, 1.82) is 0 Å². The summed E-state index contributed by atoms with van der Waals surface area (Å²) in [6, 6.07) is 14.4. The summed E-state index contributed by atoms with van der Waals surface area (Å²) >= 11 is 12.1. The molecule has 0 unspecified atom stereocenters. The van der Waals surface area contributed by atoms with Crippen LogP contribution in [0, 0.1) is 6.92 Å². The fourth-order valence-electron chi connectivity index (χ4n) is 3.96. The first-order chi connectivity index (χ1) is 15.8. The summed E-state index contributed by atoms with van der Waals surface area (Å²) in [4.78, 5) is 28.3. The average Bonchev–Trinajstić information content (AvgIpc) is 3.24. The van der Waals surface area contributed by atoms with Gasteiger partial charge >= 0.3 is 5.97 Å². The van der Waals surface area contributed by atoms with E-state index in [1.54, 1.807) is 24.5 Å². The molecule has 2 heterocycles. The highest BCUT2D eigenvalue weighted by molar-refractivity contribution is 6.30. The first-order valence-electron chi connectivity index (χ1n) is 10.4. The van der Waals surface area contributed by atoms with Gasteiger partial charge in [0, 0.05) is 40.8 Å². The Kier molecular flexibility index (Phi) is 6.77. The SMILES string of the molecule is Cc1cncc(C2=NN(C(=O)CCC(=O)O)[C@@H](c3ccc(Cl)cc3)C2)c1-c1ccc(Cl)cc1. The van der Waals surface area contributed by atoms with Crippen LogP contribution in [0.25, 0.3) is 11.1 Å². The molecular weight excluding hydrogens is 461 g/mol. The molecule has 1 aliphatic heterocycles. The van der Waals surface area contributed by atoms with Crippen LogP contribution in [0.5, 0.6) is 0 Å². The minimum atomic E-state index is -1.03. The van der Waals surface area contributed by atoms with Gasteiger partial charge in [-0.1, -0.05) is 47.5 Å². The molecule has 0 spiro atoms. The van der Waals surface area contributed by atoms with Gasteiger partial charge in [0.25, 0.3) is 0 Å².